The zero-order valence-corrected chi connectivity index (χ0v) is 14.4. The van der Waals surface area contributed by atoms with Gasteiger partial charge in [-0.15, -0.1) is 0 Å². The van der Waals surface area contributed by atoms with E-state index in [1.54, 1.807) is 22.9 Å². The maximum atomic E-state index is 12.6. The van der Waals surface area contributed by atoms with Crippen molar-refractivity contribution in [1.82, 2.24) is 30.1 Å². The molecular formula is C16H24N6O3. The van der Waals surface area contributed by atoms with E-state index in [4.69, 9.17) is 9.26 Å². The summed E-state index contributed by atoms with van der Waals surface area (Å²) in [5.74, 6) is 1.12. The Morgan fingerprint density at radius 2 is 2.40 bits per heavy atom. The van der Waals surface area contributed by atoms with Gasteiger partial charge in [-0.25, -0.2) is 4.79 Å². The van der Waals surface area contributed by atoms with Crippen molar-refractivity contribution >= 4 is 6.03 Å². The molecule has 1 saturated heterocycles. The van der Waals surface area contributed by atoms with Crippen LogP contribution in [0.3, 0.4) is 0 Å². The lowest BCUT2D eigenvalue weighted by Crippen LogP contribution is -2.45. The summed E-state index contributed by atoms with van der Waals surface area (Å²) in [6.07, 6.45) is 7.04. The summed E-state index contributed by atoms with van der Waals surface area (Å²) < 4.78 is 12.2. The van der Waals surface area contributed by atoms with Crippen LogP contribution in [0, 0.1) is 0 Å². The minimum atomic E-state index is -0.165. The fourth-order valence-corrected chi connectivity index (χ4v) is 2.94. The zero-order valence-electron chi connectivity index (χ0n) is 14.4. The van der Waals surface area contributed by atoms with Crippen molar-refractivity contribution in [2.24, 2.45) is 0 Å². The zero-order chi connectivity index (χ0) is 17.5. The highest BCUT2D eigenvalue weighted by Gasteiger charge is 2.32. The van der Waals surface area contributed by atoms with E-state index in [0.717, 1.165) is 19.3 Å². The number of aromatic nitrogens is 4. The Kier molecular flexibility index (Phi) is 5.99. The predicted molar refractivity (Wildman–Crippen MR) is 88.8 cm³/mol. The first-order chi connectivity index (χ1) is 12.3. The number of amides is 2. The standard InChI is InChI=1S/C16H24N6O3/c1-24-12-6-14-19-15(25-20-14)13-5-2-3-10-22(13)16(23)17-8-11-21-9-4-7-18-21/h4,7,9,13H,2-3,5-6,8,10-12H2,1H3,(H,17,23)/t13-/m1/s1. The van der Waals surface area contributed by atoms with Crippen LogP contribution in [0.5, 0.6) is 0 Å². The molecule has 25 heavy (non-hydrogen) atoms. The van der Waals surface area contributed by atoms with Crippen molar-refractivity contribution < 1.29 is 14.1 Å². The average Bonchev–Trinajstić information content (AvgIpc) is 3.32. The maximum Gasteiger partial charge on any atom is 0.318 e. The number of carbonyl (C=O) groups excluding carboxylic acids is 1. The molecule has 1 atom stereocenters. The van der Waals surface area contributed by atoms with E-state index in [2.05, 4.69) is 20.6 Å². The minimum absolute atomic E-state index is 0.103. The van der Waals surface area contributed by atoms with Crippen molar-refractivity contribution in [2.45, 2.75) is 38.3 Å². The van der Waals surface area contributed by atoms with Crippen LogP contribution in [-0.4, -0.2) is 57.7 Å². The molecule has 9 heteroatoms. The molecule has 0 bridgehead atoms. The number of hydrogen-bond donors (Lipinski definition) is 1. The SMILES string of the molecule is COCCc1noc([C@H]2CCCCN2C(=O)NCCn2cccn2)n1. The topological polar surface area (TPSA) is 98.3 Å². The smallest absolute Gasteiger partial charge is 0.318 e. The summed E-state index contributed by atoms with van der Waals surface area (Å²) >= 11 is 0. The van der Waals surface area contributed by atoms with Gasteiger partial charge in [0.05, 0.1) is 13.2 Å². The molecule has 0 spiro atoms. The number of hydrogen-bond acceptors (Lipinski definition) is 6. The highest BCUT2D eigenvalue weighted by atomic mass is 16.5. The van der Waals surface area contributed by atoms with Gasteiger partial charge in [-0.2, -0.15) is 10.1 Å². The molecule has 0 radical (unpaired) electrons. The average molecular weight is 348 g/mol. The van der Waals surface area contributed by atoms with Gasteiger partial charge in [0.1, 0.15) is 6.04 Å². The van der Waals surface area contributed by atoms with Crippen LogP contribution in [-0.2, 0) is 17.7 Å². The van der Waals surface area contributed by atoms with E-state index in [1.807, 2.05) is 12.3 Å². The van der Waals surface area contributed by atoms with E-state index in [1.165, 1.54) is 0 Å². The van der Waals surface area contributed by atoms with Crippen LogP contribution >= 0.6 is 0 Å². The number of piperidine rings is 1. The molecule has 2 aromatic heterocycles. The molecule has 1 fully saturated rings. The van der Waals surface area contributed by atoms with Gasteiger partial charge in [0.25, 0.3) is 0 Å². The molecular weight excluding hydrogens is 324 g/mol. The number of carbonyl (C=O) groups is 1. The number of likely N-dealkylation sites (tertiary alicyclic amines) is 1. The van der Waals surface area contributed by atoms with E-state index < -0.39 is 0 Å². The summed E-state index contributed by atoms with van der Waals surface area (Å²) in [6, 6.07) is 1.59. The van der Waals surface area contributed by atoms with Gasteiger partial charge in [0, 0.05) is 39.0 Å². The van der Waals surface area contributed by atoms with Crippen molar-refractivity contribution in [3.05, 3.63) is 30.2 Å². The first-order valence-corrected chi connectivity index (χ1v) is 8.61. The Balaban J connectivity index is 1.57. The van der Waals surface area contributed by atoms with Crippen LogP contribution in [0.4, 0.5) is 4.79 Å². The third-order valence-corrected chi connectivity index (χ3v) is 4.24. The van der Waals surface area contributed by atoms with Gasteiger partial charge >= 0.3 is 6.03 Å². The molecule has 2 aromatic rings. The number of nitrogens with one attached hydrogen (secondary N) is 1. The molecule has 2 amide bonds. The van der Waals surface area contributed by atoms with Gasteiger partial charge in [-0.05, 0) is 25.3 Å². The minimum Gasteiger partial charge on any atom is -0.384 e. The highest BCUT2D eigenvalue weighted by Crippen LogP contribution is 2.29. The first-order valence-electron chi connectivity index (χ1n) is 8.61. The molecule has 0 aliphatic carbocycles. The Morgan fingerprint density at radius 1 is 1.48 bits per heavy atom. The molecule has 0 saturated carbocycles. The highest BCUT2D eigenvalue weighted by molar-refractivity contribution is 5.74. The Labute approximate surface area is 146 Å². The molecule has 0 aromatic carbocycles. The summed E-state index contributed by atoms with van der Waals surface area (Å²) in [4.78, 5) is 18.8. The second kappa shape index (κ2) is 8.61. The van der Waals surface area contributed by atoms with Crippen molar-refractivity contribution in [3.63, 3.8) is 0 Å². The Bertz CT molecular complexity index is 657. The second-order valence-electron chi connectivity index (χ2n) is 6.00. The third kappa shape index (κ3) is 4.56. The first kappa shape index (κ1) is 17.4. The van der Waals surface area contributed by atoms with Gasteiger partial charge in [0.2, 0.25) is 5.89 Å². The van der Waals surface area contributed by atoms with Crippen LogP contribution in [0.25, 0.3) is 0 Å². The van der Waals surface area contributed by atoms with E-state index in [9.17, 15) is 4.79 Å². The number of urea groups is 1. The van der Waals surface area contributed by atoms with Gasteiger partial charge in [-0.3, -0.25) is 4.68 Å². The van der Waals surface area contributed by atoms with Crippen molar-refractivity contribution in [1.29, 1.82) is 0 Å². The lowest BCUT2D eigenvalue weighted by molar-refractivity contribution is 0.132. The second-order valence-corrected chi connectivity index (χ2v) is 6.00. The summed E-state index contributed by atoms with van der Waals surface area (Å²) in [7, 11) is 1.64. The van der Waals surface area contributed by atoms with E-state index >= 15 is 0 Å². The van der Waals surface area contributed by atoms with Crippen LogP contribution < -0.4 is 5.32 Å². The largest absolute Gasteiger partial charge is 0.384 e. The third-order valence-electron chi connectivity index (χ3n) is 4.24. The molecule has 1 aliphatic rings. The normalized spacial score (nSPS) is 17.6. The predicted octanol–water partition coefficient (Wildman–Crippen LogP) is 1.39. The van der Waals surface area contributed by atoms with Gasteiger partial charge in [-0.1, -0.05) is 5.16 Å². The number of rotatable bonds is 7. The lowest BCUT2D eigenvalue weighted by atomic mass is 10.0. The quantitative estimate of drug-likeness (QED) is 0.812. The van der Waals surface area contributed by atoms with Gasteiger partial charge < -0.3 is 19.5 Å². The van der Waals surface area contributed by atoms with Crippen LogP contribution in [0.15, 0.2) is 23.0 Å². The van der Waals surface area contributed by atoms with Crippen molar-refractivity contribution in [2.75, 3.05) is 26.8 Å². The maximum absolute atomic E-state index is 12.6. The number of ether oxygens (including phenoxy) is 1. The number of nitrogens with zero attached hydrogens (tertiary/aromatic N) is 5. The molecule has 0 unspecified atom stereocenters. The van der Waals surface area contributed by atoms with Gasteiger partial charge in [0.15, 0.2) is 5.82 Å². The Hall–Kier alpha value is -2.42. The summed E-state index contributed by atoms with van der Waals surface area (Å²) in [5, 5.41) is 11.1. The molecule has 1 aliphatic heterocycles. The molecule has 136 valence electrons. The van der Waals surface area contributed by atoms with E-state index in [0.29, 0.717) is 44.4 Å². The fraction of sp³-hybridized carbons (Fsp3) is 0.625. The lowest BCUT2D eigenvalue weighted by Gasteiger charge is -2.33. The van der Waals surface area contributed by atoms with Crippen molar-refractivity contribution in [3.8, 4) is 0 Å². The Morgan fingerprint density at radius 3 is 3.20 bits per heavy atom. The molecule has 1 N–H and O–H groups in total. The van der Waals surface area contributed by atoms with E-state index in [-0.39, 0.29) is 12.1 Å². The summed E-state index contributed by atoms with van der Waals surface area (Å²) in [6.45, 7) is 2.39. The molecule has 9 nitrogen and oxygen atoms in total. The van der Waals surface area contributed by atoms with Crippen LogP contribution in [0.1, 0.15) is 37.0 Å². The summed E-state index contributed by atoms with van der Waals surface area (Å²) in [5.41, 5.74) is 0. The molecule has 3 rings (SSSR count). The van der Waals surface area contributed by atoms with Crippen LogP contribution in [0.2, 0.25) is 0 Å². The fourth-order valence-electron chi connectivity index (χ4n) is 2.94. The molecule has 3 heterocycles. The number of methoxy groups -OCH3 is 1. The monoisotopic (exact) mass is 348 g/mol.